The summed E-state index contributed by atoms with van der Waals surface area (Å²) < 4.78 is 0. The van der Waals surface area contributed by atoms with Gasteiger partial charge >= 0.3 is 0 Å². The predicted molar refractivity (Wildman–Crippen MR) is 135 cm³/mol. The molecule has 1 heterocycles. The first-order valence-corrected chi connectivity index (χ1v) is 12.5. The molecule has 0 aromatic heterocycles. The molecule has 0 radical (unpaired) electrons. The SMILES string of the molecule is CCCCN(CC)C(=O)c1ccc2c(c1)N(Cc1ccccc1Cl)C(=O)c1ccccc1S2. The largest absolute Gasteiger partial charge is 0.339 e. The van der Waals surface area contributed by atoms with E-state index in [1.54, 1.807) is 16.7 Å². The van der Waals surface area contributed by atoms with Crippen molar-refractivity contribution in [2.45, 2.75) is 43.0 Å². The Hall–Kier alpha value is -2.76. The standard InChI is InChI=1S/C27H27ClN2O2S/c1-3-5-16-29(4-2)26(31)19-14-15-25-23(17-19)30(18-20-10-6-8-12-22(20)28)27(32)21-11-7-9-13-24(21)33-25/h6-15,17H,3-5,16,18H2,1-2H3. The number of nitrogens with zero attached hydrogens (tertiary/aromatic N) is 2. The van der Waals surface area contributed by atoms with Gasteiger partial charge in [-0.15, -0.1) is 0 Å². The Bertz CT molecular complexity index is 1180. The third-order valence-corrected chi connectivity index (χ3v) is 7.33. The number of hydrogen-bond donors (Lipinski definition) is 0. The molecule has 4 rings (SSSR count). The highest BCUT2D eigenvalue weighted by Crippen LogP contribution is 2.42. The summed E-state index contributed by atoms with van der Waals surface area (Å²) >= 11 is 8.00. The molecule has 0 spiro atoms. The summed E-state index contributed by atoms with van der Waals surface area (Å²) in [4.78, 5) is 32.4. The molecule has 0 atom stereocenters. The fraction of sp³-hybridized carbons (Fsp3) is 0.259. The molecule has 0 N–H and O–H groups in total. The van der Waals surface area contributed by atoms with E-state index in [-0.39, 0.29) is 11.8 Å². The molecular weight excluding hydrogens is 452 g/mol. The minimum absolute atomic E-state index is 0.00865. The first-order chi connectivity index (χ1) is 16.0. The highest BCUT2D eigenvalue weighted by Gasteiger charge is 2.29. The van der Waals surface area contributed by atoms with Crippen molar-refractivity contribution in [3.05, 3.63) is 88.4 Å². The van der Waals surface area contributed by atoms with Crippen LogP contribution in [0.5, 0.6) is 0 Å². The van der Waals surface area contributed by atoms with Crippen molar-refractivity contribution in [2.75, 3.05) is 18.0 Å². The molecule has 2 amide bonds. The summed E-state index contributed by atoms with van der Waals surface area (Å²) in [6.07, 6.45) is 2.00. The van der Waals surface area contributed by atoms with Gasteiger partial charge in [-0.3, -0.25) is 9.59 Å². The van der Waals surface area contributed by atoms with Gasteiger partial charge in [0.2, 0.25) is 0 Å². The maximum atomic E-state index is 13.7. The van der Waals surface area contributed by atoms with Crippen molar-refractivity contribution >= 4 is 40.9 Å². The van der Waals surface area contributed by atoms with Gasteiger partial charge in [0.15, 0.2) is 0 Å². The zero-order valence-electron chi connectivity index (χ0n) is 18.9. The summed E-state index contributed by atoms with van der Waals surface area (Å²) in [6.45, 7) is 5.82. The van der Waals surface area contributed by atoms with Crippen molar-refractivity contribution in [1.82, 2.24) is 4.90 Å². The lowest BCUT2D eigenvalue weighted by Gasteiger charge is -2.25. The summed E-state index contributed by atoms with van der Waals surface area (Å²) in [6, 6.07) is 20.9. The molecule has 0 aliphatic carbocycles. The topological polar surface area (TPSA) is 40.6 Å². The molecule has 3 aromatic carbocycles. The van der Waals surface area contributed by atoms with Crippen molar-refractivity contribution in [3.63, 3.8) is 0 Å². The maximum Gasteiger partial charge on any atom is 0.259 e. The molecule has 0 saturated heterocycles. The molecule has 4 nitrogen and oxygen atoms in total. The van der Waals surface area contributed by atoms with Crippen LogP contribution in [-0.4, -0.2) is 29.8 Å². The van der Waals surface area contributed by atoms with Crippen molar-refractivity contribution < 1.29 is 9.59 Å². The minimum atomic E-state index is -0.0975. The number of amides is 2. The van der Waals surface area contributed by atoms with E-state index < -0.39 is 0 Å². The van der Waals surface area contributed by atoms with Crippen LogP contribution in [0.15, 0.2) is 76.5 Å². The molecule has 170 valence electrons. The monoisotopic (exact) mass is 478 g/mol. The maximum absolute atomic E-state index is 13.7. The van der Waals surface area contributed by atoms with E-state index in [0.717, 1.165) is 40.4 Å². The van der Waals surface area contributed by atoms with E-state index in [4.69, 9.17) is 11.6 Å². The second kappa shape index (κ2) is 10.4. The lowest BCUT2D eigenvalue weighted by Crippen LogP contribution is -2.33. The summed E-state index contributed by atoms with van der Waals surface area (Å²) in [5.41, 5.74) is 2.84. The Morgan fingerprint density at radius 2 is 1.76 bits per heavy atom. The summed E-state index contributed by atoms with van der Waals surface area (Å²) in [5, 5.41) is 0.612. The molecule has 1 aliphatic heterocycles. The van der Waals surface area contributed by atoms with Crippen LogP contribution in [0.2, 0.25) is 5.02 Å². The number of carbonyl (C=O) groups is 2. The van der Waals surface area contributed by atoms with Gasteiger partial charge in [0.25, 0.3) is 11.8 Å². The highest BCUT2D eigenvalue weighted by atomic mass is 35.5. The van der Waals surface area contributed by atoms with Gasteiger partial charge in [-0.2, -0.15) is 0 Å². The highest BCUT2D eigenvalue weighted by molar-refractivity contribution is 7.99. The Morgan fingerprint density at radius 1 is 1.00 bits per heavy atom. The molecular formula is C27H27ClN2O2S. The van der Waals surface area contributed by atoms with Gasteiger partial charge in [0.05, 0.1) is 17.8 Å². The second-order valence-corrected chi connectivity index (χ2v) is 9.49. The van der Waals surface area contributed by atoms with E-state index in [1.807, 2.05) is 78.6 Å². The Balaban J connectivity index is 1.79. The Kier molecular flexibility index (Phi) is 7.41. The third-order valence-electron chi connectivity index (χ3n) is 5.82. The predicted octanol–water partition coefficient (Wildman–Crippen LogP) is 6.91. The third kappa shape index (κ3) is 4.94. The molecule has 0 bridgehead atoms. The zero-order chi connectivity index (χ0) is 23.4. The van der Waals surface area contributed by atoms with E-state index in [1.165, 1.54) is 0 Å². The van der Waals surface area contributed by atoms with E-state index in [2.05, 4.69) is 6.92 Å². The average molecular weight is 479 g/mol. The molecule has 1 aliphatic rings. The van der Waals surface area contributed by atoms with Crippen LogP contribution < -0.4 is 4.90 Å². The number of anilines is 1. The van der Waals surface area contributed by atoms with Crippen LogP contribution in [0.1, 0.15) is 53.0 Å². The van der Waals surface area contributed by atoms with Crippen LogP contribution in [0.3, 0.4) is 0 Å². The molecule has 0 fully saturated rings. The van der Waals surface area contributed by atoms with Gasteiger partial charge in [-0.25, -0.2) is 0 Å². The summed E-state index contributed by atoms with van der Waals surface area (Å²) in [5.74, 6) is -0.106. The van der Waals surface area contributed by atoms with Gasteiger partial charge < -0.3 is 9.80 Å². The summed E-state index contributed by atoms with van der Waals surface area (Å²) in [7, 11) is 0. The van der Waals surface area contributed by atoms with Crippen LogP contribution in [0.4, 0.5) is 5.69 Å². The lowest BCUT2D eigenvalue weighted by atomic mass is 10.1. The Labute approximate surface area is 204 Å². The van der Waals surface area contributed by atoms with E-state index in [9.17, 15) is 9.59 Å². The normalized spacial score (nSPS) is 12.7. The molecule has 33 heavy (non-hydrogen) atoms. The van der Waals surface area contributed by atoms with Crippen LogP contribution in [0.25, 0.3) is 0 Å². The van der Waals surface area contributed by atoms with Crippen LogP contribution in [-0.2, 0) is 6.54 Å². The van der Waals surface area contributed by atoms with Crippen molar-refractivity contribution in [2.24, 2.45) is 0 Å². The van der Waals surface area contributed by atoms with E-state index in [0.29, 0.717) is 29.2 Å². The number of rotatable bonds is 7. The fourth-order valence-corrected chi connectivity index (χ4v) is 5.20. The van der Waals surface area contributed by atoms with E-state index >= 15 is 0 Å². The smallest absolute Gasteiger partial charge is 0.259 e. The van der Waals surface area contributed by atoms with Crippen LogP contribution in [0, 0.1) is 0 Å². The Morgan fingerprint density at radius 3 is 2.52 bits per heavy atom. The molecule has 0 unspecified atom stereocenters. The lowest BCUT2D eigenvalue weighted by molar-refractivity contribution is 0.0761. The van der Waals surface area contributed by atoms with Gasteiger partial charge in [-0.1, -0.05) is 67.0 Å². The fourth-order valence-electron chi connectivity index (χ4n) is 3.94. The first-order valence-electron chi connectivity index (χ1n) is 11.3. The molecule has 0 saturated carbocycles. The molecule has 3 aromatic rings. The number of hydrogen-bond acceptors (Lipinski definition) is 3. The van der Waals surface area contributed by atoms with Gasteiger partial charge in [-0.05, 0) is 55.3 Å². The number of benzene rings is 3. The number of carbonyl (C=O) groups excluding carboxylic acids is 2. The quantitative estimate of drug-likeness (QED) is 0.370. The van der Waals surface area contributed by atoms with Gasteiger partial charge in [0.1, 0.15) is 0 Å². The van der Waals surface area contributed by atoms with Crippen molar-refractivity contribution in [3.8, 4) is 0 Å². The van der Waals surface area contributed by atoms with Crippen molar-refractivity contribution in [1.29, 1.82) is 0 Å². The minimum Gasteiger partial charge on any atom is -0.339 e. The van der Waals surface area contributed by atoms with Crippen LogP contribution >= 0.6 is 23.4 Å². The van der Waals surface area contributed by atoms with Gasteiger partial charge in [0, 0.05) is 33.5 Å². The number of unbranched alkanes of at least 4 members (excludes halogenated alkanes) is 1. The zero-order valence-corrected chi connectivity index (χ0v) is 20.5. The second-order valence-electron chi connectivity index (χ2n) is 8.00. The number of fused-ring (bicyclic) bond motifs is 2. The number of halogens is 1. The first kappa shape index (κ1) is 23.4. The average Bonchev–Trinajstić information content (AvgIpc) is 2.95. The molecule has 6 heteroatoms.